The summed E-state index contributed by atoms with van der Waals surface area (Å²) in [5, 5.41) is 1.12. The minimum absolute atomic E-state index is 0.0131. The molecule has 0 unspecified atom stereocenters. The zero-order valence-electron chi connectivity index (χ0n) is 12.2. The van der Waals surface area contributed by atoms with Crippen LogP contribution in [-0.4, -0.2) is 68.0 Å². The Morgan fingerprint density at radius 3 is 2.68 bits per heavy atom. The first kappa shape index (κ1) is 17.0. The van der Waals surface area contributed by atoms with Crippen molar-refractivity contribution in [3.8, 4) is 5.75 Å². The second-order valence-electron chi connectivity index (χ2n) is 4.40. The van der Waals surface area contributed by atoms with Crippen LogP contribution in [0.4, 0.5) is 5.82 Å². The van der Waals surface area contributed by atoms with Crippen molar-refractivity contribution < 1.29 is 19.1 Å². The number of carbonyl (C=O) groups excluding carboxylic acids is 1. The van der Waals surface area contributed by atoms with E-state index in [0.29, 0.717) is 32.1 Å². The van der Waals surface area contributed by atoms with E-state index in [2.05, 4.69) is 9.97 Å². The summed E-state index contributed by atoms with van der Waals surface area (Å²) < 4.78 is 10.8. The average molecular weight is 351 g/mol. The molecule has 10 heteroatoms. The van der Waals surface area contributed by atoms with Gasteiger partial charge in [0.1, 0.15) is 0 Å². The maximum Gasteiger partial charge on any atom is 0.283 e. The van der Waals surface area contributed by atoms with Gasteiger partial charge in [0.05, 0.1) is 20.3 Å². The van der Waals surface area contributed by atoms with E-state index in [9.17, 15) is 4.79 Å². The number of amides is 1. The maximum atomic E-state index is 11.7. The predicted molar refractivity (Wildman–Crippen MR) is 80.4 cm³/mol. The number of morpholine rings is 1. The molecule has 1 aliphatic heterocycles. The van der Waals surface area contributed by atoms with Crippen LogP contribution >= 0.6 is 23.2 Å². The zero-order valence-corrected chi connectivity index (χ0v) is 13.7. The molecule has 0 aromatic carbocycles. The standard InChI is InChI=1S/C12H16Cl2N4O4/c1-17(20-2)8(19)7-22-9-10(13)15-12(14)16-11(9)18-3-5-21-6-4-18/h3-7H2,1-2H3. The fourth-order valence-electron chi connectivity index (χ4n) is 1.83. The number of rotatable bonds is 5. The first-order valence-corrected chi connectivity index (χ1v) is 7.27. The Bertz CT molecular complexity index is 540. The van der Waals surface area contributed by atoms with Crippen LogP contribution in [0.25, 0.3) is 0 Å². The number of hydrogen-bond acceptors (Lipinski definition) is 7. The number of ether oxygens (including phenoxy) is 2. The number of hydroxylamine groups is 2. The summed E-state index contributed by atoms with van der Waals surface area (Å²) in [5.74, 6) is 0.286. The van der Waals surface area contributed by atoms with Crippen LogP contribution in [0, 0.1) is 0 Å². The molecule has 1 aromatic heterocycles. The Labute approximate surface area is 137 Å². The molecule has 2 heterocycles. The first-order chi connectivity index (χ1) is 10.5. The van der Waals surface area contributed by atoms with Crippen LogP contribution in [0.3, 0.4) is 0 Å². The van der Waals surface area contributed by atoms with E-state index in [1.54, 1.807) is 0 Å². The number of halogens is 2. The Hall–Kier alpha value is -1.35. The van der Waals surface area contributed by atoms with E-state index in [0.717, 1.165) is 5.06 Å². The third kappa shape index (κ3) is 4.10. The van der Waals surface area contributed by atoms with Gasteiger partial charge in [-0.1, -0.05) is 11.6 Å². The van der Waals surface area contributed by atoms with Crippen LogP contribution in [-0.2, 0) is 14.4 Å². The van der Waals surface area contributed by atoms with Crippen molar-refractivity contribution in [2.24, 2.45) is 0 Å². The lowest BCUT2D eigenvalue weighted by Gasteiger charge is -2.29. The molecule has 22 heavy (non-hydrogen) atoms. The van der Waals surface area contributed by atoms with Gasteiger partial charge in [0, 0.05) is 20.1 Å². The van der Waals surface area contributed by atoms with Crippen molar-refractivity contribution in [3.63, 3.8) is 0 Å². The summed E-state index contributed by atoms with van der Waals surface area (Å²) in [6.45, 7) is 2.10. The molecule has 1 aromatic rings. The van der Waals surface area contributed by atoms with Gasteiger partial charge in [-0.05, 0) is 11.6 Å². The maximum absolute atomic E-state index is 11.7. The van der Waals surface area contributed by atoms with E-state index in [4.69, 9.17) is 37.5 Å². The van der Waals surface area contributed by atoms with Gasteiger partial charge in [-0.2, -0.15) is 4.98 Å². The molecule has 0 radical (unpaired) electrons. The molecule has 0 spiro atoms. The summed E-state index contributed by atoms with van der Waals surface area (Å²) in [5.41, 5.74) is 0. The van der Waals surface area contributed by atoms with Gasteiger partial charge in [0.15, 0.2) is 23.3 Å². The number of nitrogens with zero attached hydrogens (tertiary/aromatic N) is 4. The van der Waals surface area contributed by atoms with Crippen molar-refractivity contribution in [1.29, 1.82) is 0 Å². The number of likely N-dealkylation sites (N-methyl/N-ethyl adjacent to an activating group) is 1. The SMILES string of the molecule is CON(C)C(=O)COc1c(Cl)nc(Cl)nc1N1CCOCC1. The van der Waals surface area contributed by atoms with E-state index in [-0.39, 0.29) is 28.7 Å². The number of carbonyl (C=O) groups is 1. The van der Waals surface area contributed by atoms with Gasteiger partial charge in [-0.15, -0.1) is 0 Å². The van der Waals surface area contributed by atoms with Crippen molar-refractivity contribution >= 4 is 34.9 Å². The van der Waals surface area contributed by atoms with E-state index in [1.165, 1.54) is 14.2 Å². The zero-order chi connectivity index (χ0) is 16.1. The molecular formula is C12H16Cl2N4O4. The predicted octanol–water partition coefficient (Wildman–Crippen LogP) is 1.02. The minimum Gasteiger partial charge on any atom is -0.477 e. The summed E-state index contributed by atoms with van der Waals surface area (Å²) in [7, 11) is 2.87. The Morgan fingerprint density at radius 1 is 1.36 bits per heavy atom. The third-order valence-electron chi connectivity index (χ3n) is 3.05. The lowest BCUT2D eigenvalue weighted by Crippen LogP contribution is -2.37. The number of anilines is 1. The molecule has 0 saturated carbocycles. The summed E-state index contributed by atoms with van der Waals surface area (Å²) in [6.07, 6.45) is 0. The van der Waals surface area contributed by atoms with E-state index in [1.807, 2.05) is 4.90 Å². The Kier molecular flexibility index (Phi) is 6.01. The molecule has 0 aliphatic carbocycles. The molecule has 2 rings (SSSR count). The quantitative estimate of drug-likeness (QED) is 0.445. The van der Waals surface area contributed by atoms with Gasteiger partial charge >= 0.3 is 0 Å². The summed E-state index contributed by atoms with van der Waals surface area (Å²) >= 11 is 11.9. The van der Waals surface area contributed by atoms with E-state index >= 15 is 0 Å². The molecule has 0 bridgehead atoms. The molecule has 1 aliphatic rings. The van der Waals surface area contributed by atoms with Gasteiger partial charge in [0.25, 0.3) is 5.91 Å². The molecule has 1 amide bonds. The fraction of sp³-hybridized carbons (Fsp3) is 0.583. The van der Waals surface area contributed by atoms with Crippen LogP contribution in [0.2, 0.25) is 10.4 Å². The molecular weight excluding hydrogens is 335 g/mol. The summed E-state index contributed by atoms with van der Waals surface area (Å²) in [6, 6.07) is 0. The molecule has 8 nitrogen and oxygen atoms in total. The van der Waals surface area contributed by atoms with Crippen LogP contribution in [0.5, 0.6) is 5.75 Å². The molecule has 1 fully saturated rings. The van der Waals surface area contributed by atoms with Crippen molar-refractivity contribution in [3.05, 3.63) is 10.4 Å². The highest BCUT2D eigenvalue weighted by Crippen LogP contribution is 2.34. The molecule has 1 saturated heterocycles. The highest BCUT2D eigenvalue weighted by molar-refractivity contribution is 6.33. The second kappa shape index (κ2) is 7.77. The molecule has 122 valence electrons. The summed E-state index contributed by atoms with van der Waals surface area (Å²) in [4.78, 5) is 26.5. The van der Waals surface area contributed by atoms with Crippen molar-refractivity contribution in [2.75, 3.05) is 52.0 Å². The van der Waals surface area contributed by atoms with Gasteiger partial charge in [-0.25, -0.2) is 10.0 Å². The van der Waals surface area contributed by atoms with E-state index < -0.39 is 0 Å². The third-order valence-corrected chi connectivity index (χ3v) is 3.48. The first-order valence-electron chi connectivity index (χ1n) is 6.52. The van der Waals surface area contributed by atoms with Gasteiger partial charge < -0.3 is 14.4 Å². The second-order valence-corrected chi connectivity index (χ2v) is 5.09. The number of aromatic nitrogens is 2. The van der Waals surface area contributed by atoms with Gasteiger partial charge in [-0.3, -0.25) is 9.63 Å². The Morgan fingerprint density at radius 2 is 2.05 bits per heavy atom. The largest absolute Gasteiger partial charge is 0.477 e. The Balaban J connectivity index is 2.19. The van der Waals surface area contributed by atoms with Crippen LogP contribution in [0.15, 0.2) is 0 Å². The minimum atomic E-state index is -0.374. The lowest BCUT2D eigenvalue weighted by atomic mass is 10.4. The average Bonchev–Trinajstić information content (AvgIpc) is 2.53. The normalized spacial score (nSPS) is 14.8. The van der Waals surface area contributed by atoms with Crippen molar-refractivity contribution in [1.82, 2.24) is 15.0 Å². The highest BCUT2D eigenvalue weighted by Gasteiger charge is 2.23. The highest BCUT2D eigenvalue weighted by atomic mass is 35.5. The lowest BCUT2D eigenvalue weighted by molar-refractivity contribution is -0.170. The monoisotopic (exact) mass is 350 g/mol. The molecule has 0 N–H and O–H groups in total. The van der Waals surface area contributed by atoms with Crippen molar-refractivity contribution in [2.45, 2.75) is 0 Å². The smallest absolute Gasteiger partial charge is 0.283 e. The molecule has 0 atom stereocenters. The van der Waals surface area contributed by atoms with Crippen LogP contribution in [0.1, 0.15) is 0 Å². The topological polar surface area (TPSA) is 77.0 Å². The van der Waals surface area contributed by atoms with Gasteiger partial charge in [0.2, 0.25) is 5.28 Å². The number of hydrogen-bond donors (Lipinski definition) is 0. The fourth-order valence-corrected chi connectivity index (χ4v) is 2.25. The van der Waals surface area contributed by atoms with Crippen LogP contribution < -0.4 is 9.64 Å².